The van der Waals surface area contributed by atoms with Gasteiger partial charge in [0.15, 0.2) is 0 Å². The lowest BCUT2D eigenvalue weighted by atomic mass is 10.1. The second kappa shape index (κ2) is 4.91. The van der Waals surface area contributed by atoms with E-state index in [1.165, 1.54) is 22.9 Å². The molecule has 3 nitrogen and oxygen atoms in total. The minimum absolute atomic E-state index is 0.207. The minimum atomic E-state index is -2.34. The predicted molar refractivity (Wildman–Crippen MR) is 54.9 cm³/mol. The van der Waals surface area contributed by atoms with E-state index in [9.17, 15) is 13.6 Å². The number of alkyl halides is 2. The first-order chi connectivity index (χ1) is 6.99. The SMILES string of the molecule is CC(CC(F)F)Cn1cc(N)ccc1=O. The highest BCUT2D eigenvalue weighted by Crippen LogP contribution is 2.12. The molecule has 0 spiro atoms. The lowest BCUT2D eigenvalue weighted by molar-refractivity contribution is 0.114. The van der Waals surface area contributed by atoms with Gasteiger partial charge in [0.1, 0.15) is 0 Å². The minimum Gasteiger partial charge on any atom is -0.398 e. The summed E-state index contributed by atoms with van der Waals surface area (Å²) in [6.07, 6.45) is -1.07. The van der Waals surface area contributed by atoms with Crippen molar-refractivity contribution in [1.82, 2.24) is 4.57 Å². The van der Waals surface area contributed by atoms with Crippen molar-refractivity contribution in [1.29, 1.82) is 0 Å². The Bertz CT molecular complexity index is 376. The van der Waals surface area contributed by atoms with Crippen LogP contribution in [0.1, 0.15) is 13.3 Å². The molecule has 0 fully saturated rings. The van der Waals surface area contributed by atoms with Gasteiger partial charge in [-0.3, -0.25) is 4.79 Å². The Balaban J connectivity index is 2.71. The van der Waals surface area contributed by atoms with Crippen LogP contribution >= 0.6 is 0 Å². The molecule has 0 radical (unpaired) electrons. The molecule has 0 bridgehead atoms. The van der Waals surface area contributed by atoms with Gasteiger partial charge >= 0.3 is 0 Å². The van der Waals surface area contributed by atoms with E-state index in [0.717, 1.165) is 0 Å². The summed E-state index contributed by atoms with van der Waals surface area (Å²) in [4.78, 5) is 11.3. The van der Waals surface area contributed by atoms with Crippen molar-refractivity contribution in [2.75, 3.05) is 5.73 Å². The number of nitrogens with two attached hydrogens (primary N) is 1. The quantitative estimate of drug-likeness (QED) is 0.833. The Kier molecular flexibility index (Phi) is 3.82. The first kappa shape index (κ1) is 11.7. The Morgan fingerprint density at radius 1 is 1.47 bits per heavy atom. The smallest absolute Gasteiger partial charge is 0.250 e. The average molecular weight is 216 g/mol. The van der Waals surface area contributed by atoms with E-state index in [-0.39, 0.29) is 24.4 Å². The van der Waals surface area contributed by atoms with Gasteiger partial charge in [-0.05, 0) is 12.0 Å². The van der Waals surface area contributed by atoms with Crippen molar-refractivity contribution >= 4 is 5.69 Å². The largest absolute Gasteiger partial charge is 0.398 e. The lowest BCUT2D eigenvalue weighted by Gasteiger charge is -2.12. The number of nitrogens with zero attached hydrogens (tertiary/aromatic N) is 1. The molecular weight excluding hydrogens is 202 g/mol. The fraction of sp³-hybridized carbons (Fsp3) is 0.500. The highest BCUT2D eigenvalue weighted by molar-refractivity contribution is 5.33. The summed E-state index contributed by atoms with van der Waals surface area (Å²) in [5.41, 5.74) is 5.74. The predicted octanol–water partition coefficient (Wildman–Crippen LogP) is 1.72. The van der Waals surface area contributed by atoms with E-state index < -0.39 is 6.43 Å². The van der Waals surface area contributed by atoms with Crippen LogP contribution in [0.15, 0.2) is 23.1 Å². The number of anilines is 1. The van der Waals surface area contributed by atoms with Crippen LogP contribution in [0.4, 0.5) is 14.5 Å². The van der Waals surface area contributed by atoms with Crippen LogP contribution in [0.25, 0.3) is 0 Å². The summed E-state index contributed by atoms with van der Waals surface area (Å²) in [6.45, 7) is 1.95. The van der Waals surface area contributed by atoms with Crippen LogP contribution in [0.3, 0.4) is 0 Å². The number of halogens is 2. The van der Waals surface area contributed by atoms with Crippen molar-refractivity contribution in [3.8, 4) is 0 Å². The van der Waals surface area contributed by atoms with Gasteiger partial charge in [-0.25, -0.2) is 8.78 Å². The number of nitrogen functional groups attached to an aromatic ring is 1. The van der Waals surface area contributed by atoms with E-state index in [2.05, 4.69) is 0 Å². The third-order valence-electron chi connectivity index (χ3n) is 2.10. The number of rotatable bonds is 4. The number of pyridine rings is 1. The Morgan fingerprint density at radius 2 is 2.13 bits per heavy atom. The van der Waals surface area contributed by atoms with Gasteiger partial charge in [0, 0.05) is 30.9 Å². The normalized spacial score (nSPS) is 13.1. The zero-order valence-electron chi connectivity index (χ0n) is 8.49. The number of hydrogen-bond acceptors (Lipinski definition) is 2. The molecule has 0 saturated carbocycles. The molecule has 1 aromatic rings. The van der Waals surface area contributed by atoms with Crippen LogP contribution in [0.5, 0.6) is 0 Å². The van der Waals surface area contributed by atoms with Gasteiger partial charge in [0.2, 0.25) is 6.43 Å². The Hall–Kier alpha value is -1.39. The van der Waals surface area contributed by atoms with E-state index in [1.807, 2.05) is 0 Å². The highest BCUT2D eigenvalue weighted by atomic mass is 19.3. The van der Waals surface area contributed by atoms with Crippen molar-refractivity contribution in [2.45, 2.75) is 26.3 Å². The Morgan fingerprint density at radius 3 is 2.73 bits per heavy atom. The molecule has 1 rings (SSSR count). The van der Waals surface area contributed by atoms with Crippen LogP contribution < -0.4 is 11.3 Å². The zero-order chi connectivity index (χ0) is 11.4. The third kappa shape index (κ3) is 3.69. The molecule has 15 heavy (non-hydrogen) atoms. The summed E-state index contributed by atoms with van der Waals surface area (Å²) in [5.74, 6) is -0.246. The third-order valence-corrected chi connectivity index (χ3v) is 2.10. The molecule has 0 saturated heterocycles. The van der Waals surface area contributed by atoms with Crippen LogP contribution in [-0.2, 0) is 6.54 Å². The van der Waals surface area contributed by atoms with Crippen molar-refractivity contribution in [3.05, 3.63) is 28.7 Å². The number of hydrogen-bond donors (Lipinski definition) is 1. The van der Waals surface area contributed by atoms with Crippen molar-refractivity contribution in [2.24, 2.45) is 5.92 Å². The van der Waals surface area contributed by atoms with E-state index >= 15 is 0 Å². The van der Waals surface area contributed by atoms with Gasteiger partial charge < -0.3 is 10.3 Å². The van der Waals surface area contributed by atoms with Crippen molar-refractivity contribution in [3.63, 3.8) is 0 Å². The molecule has 1 unspecified atom stereocenters. The maximum absolute atomic E-state index is 12.1. The van der Waals surface area contributed by atoms with Crippen LogP contribution in [-0.4, -0.2) is 11.0 Å². The van der Waals surface area contributed by atoms with Crippen LogP contribution in [0.2, 0.25) is 0 Å². The molecular formula is C10H14F2N2O. The van der Waals surface area contributed by atoms with E-state index in [0.29, 0.717) is 5.69 Å². The molecule has 2 N–H and O–H groups in total. The standard InChI is InChI=1S/C10H14F2N2O/c1-7(4-9(11)12)5-14-6-8(13)2-3-10(14)15/h2-3,6-7,9H,4-5,13H2,1H3. The molecule has 1 aromatic heterocycles. The summed E-state index contributed by atoms with van der Waals surface area (Å²) >= 11 is 0. The monoisotopic (exact) mass is 216 g/mol. The first-order valence-corrected chi connectivity index (χ1v) is 4.73. The summed E-state index contributed by atoms with van der Waals surface area (Å²) in [7, 11) is 0. The summed E-state index contributed by atoms with van der Waals surface area (Å²) < 4.78 is 25.5. The molecule has 0 aliphatic carbocycles. The molecule has 1 heterocycles. The van der Waals surface area contributed by atoms with E-state index in [1.54, 1.807) is 6.92 Å². The zero-order valence-corrected chi connectivity index (χ0v) is 8.49. The molecule has 0 aliphatic rings. The molecule has 0 aromatic carbocycles. The van der Waals surface area contributed by atoms with Gasteiger partial charge in [-0.1, -0.05) is 6.92 Å². The molecule has 1 atom stereocenters. The van der Waals surface area contributed by atoms with Gasteiger partial charge in [0.25, 0.3) is 5.56 Å². The first-order valence-electron chi connectivity index (χ1n) is 4.73. The maximum atomic E-state index is 12.1. The van der Waals surface area contributed by atoms with Gasteiger partial charge in [0.05, 0.1) is 0 Å². The second-order valence-corrected chi connectivity index (χ2v) is 3.68. The molecule has 5 heteroatoms. The Labute approximate surface area is 86.5 Å². The molecule has 0 aliphatic heterocycles. The summed E-state index contributed by atoms with van der Waals surface area (Å²) in [5, 5.41) is 0. The lowest BCUT2D eigenvalue weighted by Crippen LogP contribution is -2.23. The average Bonchev–Trinajstić information content (AvgIpc) is 2.10. The van der Waals surface area contributed by atoms with E-state index in [4.69, 9.17) is 5.73 Å². The van der Waals surface area contributed by atoms with Gasteiger partial charge in [-0.15, -0.1) is 0 Å². The molecule has 84 valence electrons. The van der Waals surface area contributed by atoms with Crippen LogP contribution in [0, 0.1) is 5.92 Å². The number of aromatic nitrogens is 1. The van der Waals surface area contributed by atoms with Gasteiger partial charge in [-0.2, -0.15) is 0 Å². The summed E-state index contributed by atoms with van der Waals surface area (Å²) in [6, 6.07) is 2.83. The van der Waals surface area contributed by atoms with Crippen molar-refractivity contribution < 1.29 is 8.78 Å². The second-order valence-electron chi connectivity index (χ2n) is 3.68. The maximum Gasteiger partial charge on any atom is 0.250 e. The topological polar surface area (TPSA) is 48.0 Å². The molecule has 0 amide bonds. The fourth-order valence-electron chi connectivity index (χ4n) is 1.41. The highest BCUT2D eigenvalue weighted by Gasteiger charge is 2.11. The fourth-order valence-corrected chi connectivity index (χ4v) is 1.41.